The monoisotopic (exact) mass is 672 g/mol. The van der Waals surface area contributed by atoms with E-state index in [1.165, 1.54) is 19.9 Å². The number of carbonyl (C=O) groups excluding carboxylic acids is 5. The Hall–Kier alpha value is -4.72. The number of sulfone groups is 1. The van der Waals surface area contributed by atoms with E-state index < -0.39 is 75.3 Å². The summed E-state index contributed by atoms with van der Waals surface area (Å²) in [6.45, 7) is 7.95. The molecular weight excluding hydrogens is 628 g/mol. The fourth-order valence-electron chi connectivity index (χ4n) is 4.07. The van der Waals surface area contributed by atoms with Crippen molar-refractivity contribution < 1.29 is 41.9 Å². The van der Waals surface area contributed by atoms with E-state index >= 15 is 0 Å². The van der Waals surface area contributed by atoms with Gasteiger partial charge in [-0.3, -0.25) is 19.2 Å². The van der Waals surface area contributed by atoms with Crippen LogP contribution in [0.3, 0.4) is 0 Å². The second-order valence-corrected chi connectivity index (χ2v) is 13.5. The topological polar surface area (TPSA) is 186 Å². The van der Waals surface area contributed by atoms with Gasteiger partial charge in [0, 0.05) is 12.0 Å². The minimum absolute atomic E-state index is 0.0443. The van der Waals surface area contributed by atoms with E-state index in [0.29, 0.717) is 11.1 Å². The molecule has 256 valence electrons. The van der Waals surface area contributed by atoms with Crippen LogP contribution in [0.25, 0.3) is 0 Å². The third kappa shape index (κ3) is 13.3. The molecule has 3 atom stereocenters. The largest absolute Gasteiger partial charge is 0.466 e. The molecule has 0 aliphatic heterocycles. The zero-order valence-electron chi connectivity index (χ0n) is 27.2. The summed E-state index contributed by atoms with van der Waals surface area (Å²) in [5, 5.41) is 10.6. The molecule has 0 heterocycles. The summed E-state index contributed by atoms with van der Waals surface area (Å²) in [4.78, 5) is 65.2. The lowest BCUT2D eigenvalue weighted by molar-refractivity contribution is -0.145. The van der Waals surface area contributed by atoms with Gasteiger partial charge < -0.3 is 30.7 Å². The lowest BCUT2D eigenvalue weighted by Gasteiger charge is -2.26. The highest BCUT2D eigenvalue weighted by Gasteiger charge is 2.33. The van der Waals surface area contributed by atoms with Crippen LogP contribution in [0.15, 0.2) is 72.1 Å². The molecule has 2 aromatic carbocycles. The van der Waals surface area contributed by atoms with Crippen LogP contribution in [-0.4, -0.2) is 68.7 Å². The molecule has 0 bridgehead atoms. The fraction of sp³-hybridized carbons (Fsp3) is 0.424. The van der Waals surface area contributed by atoms with Crippen LogP contribution >= 0.6 is 0 Å². The van der Waals surface area contributed by atoms with E-state index in [1.807, 2.05) is 0 Å². The summed E-state index contributed by atoms with van der Waals surface area (Å²) in [5.74, 6) is -3.34. The van der Waals surface area contributed by atoms with Crippen molar-refractivity contribution in [3.8, 4) is 0 Å². The first kappa shape index (κ1) is 38.5. The van der Waals surface area contributed by atoms with Crippen molar-refractivity contribution >= 4 is 39.6 Å². The Bertz CT molecular complexity index is 1480. The van der Waals surface area contributed by atoms with E-state index in [4.69, 9.17) is 9.47 Å². The number of nitrogens with one attached hydrogen (secondary N) is 4. The van der Waals surface area contributed by atoms with Gasteiger partial charge in [-0.15, -0.1) is 0 Å². The molecule has 0 fully saturated rings. The Kier molecular flexibility index (Phi) is 15.6. The van der Waals surface area contributed by atoms with Gasteiger partial charge in [0.15, 0.2) is 9.84 Å². The number of hydrogen-bond donors (Lipinski definition) is 4. The summed E-state index contributed by atoms with van der Waals surface area (Å²) in [5.41, 5.74) is 1.07. The second kappa shape index (κ2) is 19.1. The molecule has 0 spiro atoms. The van der Waals surface area contributed by atoms with Gasteiger partial charge in [-0.25, -0.2) is 13.2 Å². The molecule has 2 aromatic rings. The number of benzene rings is 2. The van der Waals surface area contributed by atoms with E-state index in [-0.39, 0.29) is 19.8 Å². The van der Waals surface area contributed by atoms with Gasteiger partial charge in [0.1, 0.15) is 24.7 Å². The molecule has 0 aliphatic rings. The molecule has 47 heavy (non-hydrogen) atoms. The van der Waals surface area contributed by atoms with Gasteiger partial charge >= 0.3 is 12.1 Å². The summed E-state index contributed by atoms with van der Waals surface area (Å²) in [6, 6.07) is 13.2. The van der Waals surface area contributed by atoms with Crippen LogP contribution < -0.4 is 21.3 Å². The van der Waals surface area contributed by atoms with E-state index in [0.717, 1.165) is 5.41 Å². The van der Waals surface area contributed by atoms with Crippen LogP contribution in [-0.2, 0) is 45.1 Å². The quantitative estimate of drug-likeness (QED) is 0.183. The van der Waals surface area contributed by atoms with Crippen LogP contribution in [0.4, 0.5) is 4.79 Å². The number of rotatable bonds is 17. The molecule has 4 N–H and O–H groups in total. The van der Waals surface area contributed by atoms with Gasteiger partial charge in [0.25, 0.3) is 0 Å². The molecule has 13 nitrogen and oxygen atoms in total. The average Bonchev–Trinajstić information content (AvgIpc) is 3.03. The van der Waals surface area contributed by atoms with Crippen LogP contribution in [0.5, 0.6) is 0 Å². The first-order valence-electron chi connectivity index (χ1n) is 15.2. The predicted octanol–water partition coefficient (Wildman–Crippen LogP) is 2.69. The van der Waals surface area contributed by atoms with E-state index in [1.54, 1.807) is 81.4 Å². The summed E-state index contributed by atoms with van der Waals surface area (Å²) in [7, 11) is -3.45. The Morgan fingerprint density at radius 1 is 0.787 bits per heavy atom. The fourth-order valence-corrected chi connectivity index (χ4v) is 4.75. The summed E-state index contributed by atoms with van der Waals surface area (Å²) < 4.78 is 34.2. The Balaban J connectivity index is 2.23. The molecular formula is C33H44N4O9S. The number of alkyl carbamates (subject to hydrolysis) is 1. The van der Waals surface area contributed by atoms with E-state index in [9.17, 15) is 32.4 Å². The van der Waals surface area contributed by atoms with Crippen LogP contribution in [0, 0.1) is 5.92 Å². The summed E-state index contributed by atoms with van der Waals surface area (Å²) in [6.07, 6.45) is -0.202. The highest BCUT2D eigenvalue weighted by Crippen LogP contribution is 2.16. The van der Waals surface area contributed by atoms with Gasteiger partial charge in [0.2, 0.25) is 17.7 Å². The standard InChI is InChI=1S/C33H44N4O9S/c1-6-45-27(38)20-26(35-33(42)46-21-24-14-9-7-10-15-24)30(39)37-29(25-16-11-8-12-17-25)32(41)36-28(22(2)3)31(40)34-18-13-19-47(43,44)23(4)5/h7-17,19,22-23,26,28-29H,6,18,20-21H2,1-5H3,(H,34,40)(H,35,42)(H,36,41)(H,37,39)/b19-13+/t26-,28-,29-/m0/s1. The molecule has 0 saturated carbocycles. The lowest BCUT2D eigenvalue weighted by Crippen LogP contribution is -2.55. The first-order valence-corrected chi connectivity index (χ1v) is 16.8. The number of hydrogen-bond acceptors (Lipinski definition) is 9. The maximum atomic E-state index is 13.7. The third-order valence-electron chi connectivity index (χ3n) is 6.76. The van der Waals surface area contributed by atoms with Crippen molar-refractivity contribution in [3.63, 3.8) is 0 Å². The zero-order chi connectivity index (χ0) is 35.0. The highest BCUT2D eigenvalue weighted by atomic mass is 32.2. The predicted molar refractivity (Wildman–Crippen MR) is 175 cm³/mol. The van der Waals surface area contributed by atoms with Gasteiger partial charge in [-0.2, -0.15) is 0 Å². The normalized spacial score (nSPS) is 13.3. The molecule has 0 radical (unpaired) electrons. The van der Waals surface area contributed by atoms with Crippen molar-refractivity contribution in [1.29, 1.82) is 0 Å². The van der Waals surface area contributed by atoms with Gasteiger partial charge in [0.05, 0.1) is 18.3 Å². The molecule has 0 unspecified atom stereocenters. The van der Waals surface area contributed by atoms with Gasteiger partial charge in [-0.05, 0) is 37.8 Å². The number of esters is 1. The number of carbonyl (C=O) groups is 5. The maximum absolute atomic E-state index is 13.7. The third-order valence-corrected chi connectivity index (χ3v) is 8.65. The summed E-state index contributed by atoms with van der Waals surface area (Å²) >= 11 is 0. The zero-order valence-corrected chi connectivity index (χ0v) is 28.0. The minimum Gasteiger partial charge on any atom is -0.466 e. The Labute approximate surface area is 275 Å². The maximum Gasteiger partial charge on any atom is 0.408 e. The van der Waals surface area contributed by atoms with Crippen molar-refractivity contribution in [2.24, 2.45) is 5.92 Å². The Morgan fingerprint density at radius 3 is 1.98 bits per heavy atom. The molecule has 0 saturated heterocycles. The number of amides is 4. The Morgan fingerprint density at radius 2 is 1.40 bits per heavy atom. The van der Waals surface area contributed by atoms with E-state index in [2.05, 4.69) is 21.3 Å². The molecule has 14 heteroatoms. The second-order valence-electron chi connectivity index (χ2n) is 11.1. The molecule has 2 rings (SSSR count). The minimum atomic E-state index is -3.45. The first-order chi connectivity index (χ1) is 22.2. The van der Waals surface area contributed by atoms with Crippen LogP contribution in [0.2, 0.25) is 0 Å². The lowest BCUT2D eigenvalue weighted by atomic mass is 10.0. The number of ether oxygens (including phenoxy) is 2. The molecule has 0 aliphatic carbocycles. The smallest absolute Gasteiger partial charge is 0.408 e. The van der Waals surface area contributed by atoms with Crippen molar-refractivity contribution in [3.05, 3.63) is 83.3 Å². The van der Waals surface area contributed by atoms with Crippen molar-refractivity contribution in [2.75, 3.05) is 13.2 Å². The molecule has 4 amide bonds. The molecule has 0 aromatic heterocycles. The highest BCUT2D eigenvalue weighted by molar-refractivity contribution is 7.94. The average molecular weight is 673 g/mol. The van der Waals surface area contributed by atoms with Gasteiger partial charge in [-0.1, -0.05) is 80.6 Å². The van der Waals surface area contributed by atoms with Crippen molar-refractivity contribution in [2.45, 2.75) is 71.0 Å². The SMILES string of the molecule is CCOC(=O)C[C@H](NC(=O)OCc1ccccc1)C(=O)N[C@H](C(=O)N[C@H](C(=O)NC/C=C/S(=O)(=O)C(C)C)C(C)C)c1ccccc1. The van der Waals surface area contributed by atoms with Crippen LogP contribution in [0.1, 0.15) is 58.2 Å². The van der Waals surface area contributed by atoms with Crippen molar-refractivity contribution in [1.82, 2.24) is 21.3 Å².